The van der Waals surface area contributed by atoms with Gasteiger partial charge in [0.2, 0.25) is 0 Å². The molecule has 0 aliphatic carbocycles. The van der Waals surface area contributed by atoms with Gasteiger partial charge in [-0.15, -0.1) is 0 Å². The van der Waals surface area contributed by atoms with Crippen molar-refractivity contribution in [2.24, 2.45) is 5.73 Å². The molecular weight excluding hydrogens is 214 g/mol. The quantitative estimate of drug-likeness (QED) is 0.873. The van der Waals surface area contributed by atoms with Crippen LogP contribution in [0.15, 0.2) is 36.7 Å². The maximum atomic E-state index is 5.64. The van der Waals surface area contributed by atoms with E-state index in [1.165, 1.54) is 0 Å². The van der Waals surface area contributed by atoms with E-state index in [1.807, 2.05) is 24.3 Å². The molecule has 0 radical (unpaired) electrons. The molecular formula is C13H15N3O. The lowest BCUT2D eigenvalue weighted by Crippen LogP contribution is -2.00. The van der Waals surface area contributed by atoms with Crippen LogP contribution >= 0.6 is 0 Å². The molecule has 0 spiro atoms. The van der Waals surface area contributed by atoms with E-state index in [-0.39, 0.29) is 0 Å². The average Bonchev–Trinajstić information content (AvgIpc) is 2.40. The summed E-state index contributed by atoms with van der Waals surface area (Å²) in [5.74, 6) is 0.801. The van der Waals surface area contributed by atoms with Crippen LogP contribution in [-0.2, 0) is 13.0 Å². The fraction of sp³-hybridized carbons (Fsp3) is 0.231. The van der Waals surface area contributed by atoms with Gasteiger partial charge in [0.05, 0.1) is 0 Å². The van der Waals surface area contributed by atoms with Gasteiger partial charge in [0.1, 0.15) is 5.75 Å². The molecule has 88 valence electrons. The summed E-state index contributed by atoms with van der Waals surface area (Å²) in [4.78, 5) is 8.21. The van der Waals surface area contributed by atoms with Crippen LogP contribution < -0.4 is 10.5 Å². The highest BCUT2D eigenvalue weighted by molar-refractivity contribution is 5.34. The lowest BCUT2D eigenvalue weighted by atomic mass is 10.1. The largest absolute Gasteiger partial charge is 0.424 e. The van der Waals surface area contributed by atoms with Crippen LogP contribution in [-0.4, -0.2) is 9.97 Å². The number of hydrogen-bond acceptors (Lipinski definition) is 4. The standard InChI is InChI=1S/C13H15N3O/c1-2-11-5-3-4-6-12(11)17-13-15-8-10(7-14)9-16-13/h3-6,8-9H,2,7,14H2,1H3. The number of nitrogens with two attached hydrogens (primary N) is 1. The number of benzene rings is 1. The molecule has 2 rings (SSSR count). The lowest BCUT2D eigenvalue weighted by molar-refractivity contribution is 0.436. The smallest absolute Gasteiger partial charge is 0.321 e. The molecule has 0 amide bonds. The summed E-state index contributed by atoms with van der Waals surface area (Å²) in [5, 5.41) is 0. The van der Waals surface area contributed by atoms with Crippen molar-refractivity contribution in [3.63, 3.8) is 0 Å². The Bertz CT molecular complexity index is 482. The van der Waals surface area contributed by atoms with Crippen molar-refractivity contribution in [2.75, 3.05) is 0 Å². The summed E-state index contributed by atoms with van der Waals surface area (Å²) in [7, 11) is 0. The second-order valence-corrected chi connectivity index (χ2v) is 3.64. The summed E-state index contributed by atoms with van der Waals surface area (Å²) in [6.07, 6.45) is 4.27. The van der Waals surface area contributed by atoms with E-state index in [9.17, 15) is 0 Å². The molecule has 0 saturated carbocycles. The third-order valence-electron chi connectivity index (χ3n) is 2.47. The van der Waals surface area contributed by atoms with Gasteiger partial charge in [-0.25, -0.2) is 9.97 Å². The Labute approximate surface area is 100 Å². The van der Waals surface area contributed by atoms with Crippen molar-refractivity contribution >= 4 is 0 Å². The number of ether oxygens (including phenoxy) is 1. The molecule has 0 fully saturated rings. The molecule has 0 unspecified atom stereocenters. The lowest BCUT2D eigenvalue weighted by Gasteiger charge is -2.07. The topological polar surface area (TPSA) is 61.0 Å². The zero-order valence-corrected chi connectivity index (χ0v) is 9.76. The van der Waals surface area contributed by atoms with E-state index in [2.05, 4.69) is 16.9 Å². The zero-order chi connectivity index (χ0) is 12.1. The Morgan fingerprint density at radius 1 is 1.18 bits per heavy atom. The Morgan fingerprint density at radius 3 is 2.53 bits per heavy atom. The Morgan fingerprint density at radius 2 is 1.88 bits per heavy atom. The maximum absolute atomic E-state index is 5.64. The number of aromatic nitrogens is 2. The molecule has 0 bridgehead atoms. The van der Waals surface area contributed by atoms with Gasteiger partial charge in [-0.2, -0.15) is 0 Å². The predicted octanol–water partition coefficient (Wildman–Crippen LogP) is 2.29. The first kappa shape index (κ1) is 11.5. The van der Waals surface area contributed by atoms with Gasteiger partial charge >= 0.3 is 6.01 Å². The van der Waals surface area contributed by atoms with Gasteiger partial charge in [-0.1, -0.05) is 25.1 Å². The van der Waals surface area contributed by atoms with Crippen molar-refractivity contribution in [3.05, 3.63) is 47.8 Å². The van der Waals surface area contributed by atoms with Gasteiger partial charge in [0, 0.05) is 24.5 Å². The minimum absolute atomic E-state index is 0.350. The molecule has 2 aromatic rings. The van der Waals surface area contributed by atoms with Crippen LogP contribution in [0, 0.1) is 0 Å². The molecule has 4 nitrogen and oxygen atoms in total. The van der Waals surface area contributed by atoms with Gasteiger partial charge in [0.25, 0.3) is 0 Å². The molecule has 0 aliphatic heterocycles. The van der Waals surface area contributed by atoms with Crippen molar-refractivity contribution in [1.82, 2.24) is 9.97 Å². The second-order valence-electron chi connectivity index (χ2n) is 3.64. The molecule has 1 heterocycles. The van der Waals surface area contributed by atoms with Crippen molar-refractivity contribution in [2.45, 2.75) is 19.9 Å². The SMILES string of the molecule is CCc1ccccc1Oc1ncc(CN)cn1. The number of hydrogen-bond donors (Lipinski definition) is 1. The number of aryl methyl sites for hydroxylation is 1. The summed E-state index contributed by atoms with van der Waals surface area (Å²) in [5.41, 5.74) is 7.51. The molecule has 0 saturated heterocycles. The molecule has 1 aromatic heterocycles. The van der Waals surface area contributed by atoms with E-state index < -0.39 is 0 Å². The third kappa shape index (κ3) is 2.79. The number of rotatable bonds is 4. The van der Waals surface area contributed by atoms with E-state index in [0.717, 1.165) is 23.3 Å². The van der Waals surface area contributed by atoms with E-state index >= 15 is 0 Å². The van der Waals surface area contributed by atoms with Crippen molar-refractivity contribution < 1.29 is 4.74 Å². The molecule has 17 heavy (non-hydrogen) atoms. The minimum Gasteiger partial charge on any atom is -0.424 e. The Hall–Kier alpha value is -1.94. The van der Waals surface area contributed by atoms with Crippen LogP contribution in [0.4, 0.5) is 0 Å². The first-order chi connectivity index (χ1) is 8.33. The predicted molar refractivity (Wildman–Crippen MR) is 65.8 cm³/mol. The van der Waals surface area contributed by atoms with E-state index in [1.54, 1.807) is 12.4 Å². The highest BCUT2D eigenvalue weighted by Crippen LogP contribution is 2.22. The highest BCUT2D eigenvalue weighted by Gasteiger charge is 2.04. The van der Waals surface area contributed by atoms with Crippen LogP contribution in [0.1, 0.15) is 18.1 Å². The summed E-state index contributed by atoms with van der Waals surface area (Å²) >= 11 is 0. The maximum Gasteiger partial charge on any atom is 0.321 e. The van der Waals surface area contributed by atoms with Crippen LogP contribution in [0.3, 0.4) is 0 Å². The third-order valence-corrected chi connectivity index (χ3v) is 2.47. The average molecular weight is 229 g/mol. The van der Waals surface area contributed by atoms with E-state index in [0.29, 0.717) is 12.6 Å². The monoisotopic (exact) mass is 229 g/mol. The fourth-order valence-electron chi connectivity index (χ4n) is 1.49. The van der Waals surface area contributed by atoms with Crippen LogP contribution in [0.2, 0.25) is 0 Å². The zero-order valence-electron chi connectivity index (χ0n) is 9.76. The van der Waals surface area contributed by atoms with Crippen molar-refractivity contribution in [3.8, 4) is 11.8 Å². The summed E-state index contributed by atoms with van der Waals surface area (Å²) in [6, 6.07) is 8.22. The first-order valence-electron chi connectivity index (χ1n) is 5.60. The Balaban J connectivity index is 2.19. The normalized spacial score (nSPS) is 10.2. The summed E-state index contributed by atoms with van der Waals surface area (Å²) < 4.78 is 5.64. The molecule has 4 heteroatoms. The second kappa shape index (κ2) is 5.41. The Kier molecular flexibility index (Phi) is 3.67. The molecule has 0 atom stereocenters. The summed E-state index contributed by atoms with van der Waals surface area (Å²) in [6.45, 7) is 2.52. The van der Waals surface area contributed by atoms with Gasteiger partial charge in [-0.3, -0.25) is 0 Å². The van der Waals surface area contributed by atoms with E-state index in [4.69, 9.17) is 10.5 Å². The molecule has 2 N–H and O–H groups in total. The minimum atomic E-state index is 0.350. The number of nitrogens with zero attached hydrogens (tertiary/aromatic N) is 2. The number of para-hydroxylation sites is 1. The van der Waals surface area contributed by atoms with Gasteiger partial charge < -0.3 is 10.5 Å². The first-order valence-corrected chi connectivity index (χ1v) is 5.60. The highest BCUT2D eigenvalue weighted by atomic mass is 16.5. The molecule has 0 aliphatic rings. The van der Waals surface area contributed by atoms with Gasteiger partial charge in [0.15, 0.2) is 0 Å². The van der Waals surface area contributed by atoms with Crippen LogP contribution in [0.5, 0.6) is 11.8 Å². The fourth-order valence-corrected chi connectivity index (χ4v) is 1.49. The van der Waals surface area contributed by atoms with Gasteiger partial charge in [-0.05, 0) is 18.1 Å². The van der Waals surface area contributed by atoms with Crippen LogP contribution in [0.25, 0.3) is 0 Å². The van der Waals surface area contributed by atoms with Crippen molar-refractivity contribution in [1.29, 1.82) is 0 Å². The molecule has 1 aromatic carbocycles.